The van der Waals surface area contributed by atoms with E-state index in [2.05, 4.69) is 10.3 Å². The fourth-order valence-corrected chi connectivity index (χ4v) is 1.78. The lowest BCUT2D eigenvalue weighted by atomic mass is 10.1. The lowest BCUT2D eigenvalue weighted by Gasteiger charge is -2.19. The van der Waals surface area contributed by atoms with Gasteiger partial charge in [-0.05, 0) is 26.8 Å². The Bertz CT molecular complexity index is 499. The molecule has 0 radical (unpaired) electrons. The fraction of sp³-hybridized carbons (Fsp3) is 0.444. The van der Waals surface area contributed by atoms with Gasteiger partial charge in [0.1, 0.15) is 10.6 Å². The third kappa shape index (κ3) is 3.53. The number of amides is 1. The van der Waals surface area contributed by atoms with Gasteiger partial charge in [0.15, 0.2) is 0 Å². The van der Waals surface area contributed by atoms with Gasteiger partial charge in [-0.2, -0.15) is 0 Å². The zero-order valence-electron chi connectivity index (χ0n) is 9.17. The van der Waals surface area contributed by atoms with Gasteiger partial charge in [-0.1, -0.05) is 0 Å². The molecule has 1 heterocycles. The first-order valence-electron chi connectivity index (χ1n) is 4.55. The minimum absolute atomic E-state index is 0.117. The Labute approximate surface area is 98.6 Å². The Balaban J connectivity index is 2.92. The molecule has 7 heteroatoms. The van der Waals surface area contributed by atoms with Gasteiger partial charge < -0.3 is 10.3 Å². The van der Waals surface area contributed by atoms with E-state index in [0.29, 0.717) is 0 Å². The van der Waals surface area contributed by atoms with Crippen LogP contribution in [0, 0.1) is 0 Å². The topological polar surface area (TPSA) is 79.0 Å². The van der Waals surface area contributed by atoms with Crippen LogP contribution in [0.2, 0.25) is 0 Å². The fourth-order valence-electron chi connectivity index (χ4n) is 1.05. The molecule has 90 valence electrons. The molecule has 0 spiro atoms. The Morgan fingerprint density at radius 2 is 2.00 bits per heavy atom. The summed E-state index contributed by atoms with van der Waals surface area (Å²) in [6, 6.07) is 1.20. The molecule has 1 aromatic rings. The van der Waals surface area contributed by atoms with Crippen molar-refractivity contribution < 1.29 is 13.2 Å². The van der Waals surface area contributed by atoms with E-state index in [1.807, 2.05) is 20.8 Å². The van der Waals surface area contributed by atoms with Gasteiger partial charge in [-0.15, -0.1) is 0 Å². The third-order valence-electron chi connectivity index (χ3n) is 1.67. The van der Waals surface area contributed by atoms with E-state index in [1.165, 1.54) is 12.3 Å². The lowest BCUT2D eigenvalue weighted by molar-refractivity contribution is 0.0915. The largest absolute Gasteiger partial charge is 0.356 e. The molecule has 0 saturated carbocycles. The first kappa shape index (κ1) is 13.1. The maximum atomic E-state index is 11.6. The Morgan fingerprint density at radius 3 is 2.38 bits per heavy atom. The van der Waals surface area contributed by atoms with Crippen molar-refractivity contribution in [3.63, 3.8) is 0 Å². The van der Waals surface area contributed by atoms with Crippen LogP contribution in [0.25, 0.3) is 0 Å². The van der Waals surface area contributed by atoms with Crippen LogP contribution in [0.3, 0.4) is 0 Å². The molecule has 0 aliphatic heterocycles. The summed E-state index contributed by atoms with van der Waals surface area (Å²) in [5.74, 6) is -0.376. The van der Waals surface area contributed by atoms with Gasteiger partial charge in [0.2, 0.25) is 0 Å². The minimum Gasteiger partial charge on any atom is -0.356 e. The highest BCUT2D eigenvalue weighted by molar-refractivity contribution is 8.13. The SMILES string of the molecule is CC(C)(C)NC(=O)c1cc(S(=O)(=O)Cl)c[nH]1. The number of aromatic amines is 1. The Kier molecular flexibility index (Phi) is 3.35. The van der Waals surface area contributed by atoms with Crippen molar-refractivity contribution in [1.29, 1.82) is 0 Å². The number of nitrogens with one attached hydrogen (secondary N) is 2. The van der Waals surface area contributed by atoms with E-state index in [0.717, 1.165) is 0 Å². The summed E-state index contributed by atoms with van der Waals surface area (Å²) in [4.78, 5) is 14.1. The summed E-state index contributed by atoms with van der Waals surface area (Å²) in [5.41, 5.74) is -0.225. The normalized spacial score (nSPS) is 12.5. The van der Waals surface area contributed by atoms with E-state index in [1.54, 1.807) is 0 Å². The molecule has 16 heavy (non-hydrogen) atoms. The van der Waals surface area contributed by atoms with Crippen LogP contribution in [0.1, 0.15) is 31.3 Å². The molecule has 0 atom stereocenters. The van der Waals surface area contributed by atoms with Gasteiger partial charge >= 0.3 is 0 Å². The van der Waals surface area contributed by atoms with Crippen molar-refractivity contribution in [1.82, 2.24) is 10.3 Å². The van der Waals surface area contributed by atoms with Crippen molar-refractivity contribution in [2.75, 3.05) is 0 Å². The third-order valence-corrected chi connectivity index (χ3v) is 3.00. The molecule has 0 fully saturated rings. The zero-order chi connectivity index (χ0) is 12.6. The molecule has 0 aliphatic carbocycles. The molecule has 1 aromatic heterocycles. The van der Waals surface area contributed by atoms with Gasteiger partial charge in [0, 0.05) is 22.4 Å². The number of aromatic nitrogens is 1. The van der Waals surface area contributed by atoms with Crippen molar-refractivity contribution in [2.45, 2.75) is 31.2 Å². The quantitative estimate of drug-likeness (QED) is 0.794. The molecule has 2 N–H and O–H groups in total. The average molecular weight is 265 g/mol. The molecular formula is C9H13ClN2O3S. The van der Waals surface area contributed by atoms with Gasteiger partial charge in [0.25, 0.3) is 15.0 Å². The number of halogens is 1. The van der Waals surface area contributed by atoms with Crippen molar-refractivity contribution in [3.8, 4) is 0 Å². The highest BCUT2D eigenvalue weighted by Crippen LogP contribution is 2.16. The Morgan fingerprint density at radius 1 is 1.44 bits per heavy atom. The molecule has 0 aromatic carbocycles. The van der Waals surface area contributed by atoms with Crippen LogP contribution >= 0.6 is 10.7 Å². The van der Waals surface area contributed by atoms with E-state index in [4.69, 9.17) is 10.7 Å². The van der Waals surface area contributed by atoms with Gasteiger partial charge in [-0.25, -0.2) is 8.42 Å². The number of carbonyl (C=O) groups excluding carboxylic acids is 1. The summed E-state index contributed by atoms with van der Waals surface area (Å²) in [7, 11) is 1.33. The molecular weight excluding hydrogens is 252 g/mol. The number of hydrogen-bond acceptors (Lipinski definition) is 3. The molecule has 5 nitrogen and oxygen atoms in total. The van der Waals surface area contributed by atoms with Crippen LogP contribution in [0.5, 0.6) is 0 Å². The van der Waals surface area contributed by atoms with Crippen LogP contribution in [-0.2, 0) is 9.05 Å². The standard InChI is InChI=1S/C9H13ClN2O3S/c1-9(2,3)12-8(13)7-4-6(5-11-7)16(10,14)15/h4-5,11H,1-3H3,(H,12,13). The van der Waals surface area contributed by atoms with Crippen LogP contribution in [0.4, 0.5) is 0 Å². The highest BCUT2D eigenvalue weighted by atomic mass is 35.7. The predicted octanol–water partition coefficient (Wildman–Crippen LogP) is 1.47. The second-order valence-corrected chi connectivity index (χ2v) is 6.96. The van der Waals surface area contributed by atoms with Crippen molar-refractivity contribution >= 4 is 25.6 Å². The van der Waals surface area contributed by atoms with E-state index in [9.17, 15) is 13.2 Å². The summed E-state index contributed by atoms with van der Waals surface area (Å²) >= 11 is 0. The number of carbonyl (C=O) groups is 1. The number of H-pyrrole nitrogens is 1. The van der Waals surface area contributed by atoms with Crippen LogP contribution < -0.4 is 5.32 Å². The minimum atomic E-state index is -3.80. The molecule has 0 aliphatic rings. The highest BCUT2D eigenvalue weighted by Gasteiger charge is 2.19. The molecule has 0 bridgehead atoms. The summed E-state index contributed by atoms with van der Waals surface area (Å²) in [6.45, 7) is 5.48. The predicted molar refractivity (Wildman–Crippen MR) is 61.1 cm³/mol. The molecule has 1 amide bonds. The number of rotatable bonds is 2. The van der Waals surface area contributed by atoms with Gasteiger partial charge in [-0.3, -0.25) is 4.79 Å². The van der Waals surface area contributed by atoms with Gasteiger partial charge in [0.05, 0.1) is 0 Å². The van der Waals surface area contributed by atoms with Crippen LogP contribution in [-0.4, -0.2) is 24.8 Å². The Hall–Kier alpha value is -1.01. The van der Waals surface area contributed by atoms with Crippen LogP contribution in [0.15, 0.2) is 17.2 Å². The smallest absolute Gasteiger partial charge is 0.268 e. The first-order chi connectivity index (χ1) is 7.09. The molecule has 0 saturated heterocycles. The van der Waals surface area contributed by atoms with Crippen molar-refractivity contribution in [2.24, 2.45) is 0 Å². The zero-order valence-corrected chi connectivity index (χ0v) is 10.7. The van der Waals surface area contributed by atoms with Crippen molar-refractivity contribution in [3.05, 3.63) is 18.0 Å². The maximum Gasteiger partial charge on any atom is 0.268 e. The summed E-state index contributed by atoms with van der Waals surface area (Å²) < 4.78 is 21.9. The summed E-state index contributed by atoms with van der Waals surface area (Å²) in [6.07, 6.45) is 1.18. The monoisotopic (exact) mass is 264 g/mol. The lowest BCUT2D eigenvalue weighted by Crippen LogP contribution is -2.40. The summed E-state index contributed by atoms with van der Waals surface area (Å²) in [5, 5.41) is 2.69. The van der Waals surface area contributed by atoms with E-state index in [-0.39, 0.29) is 22.0 Å². The average Bonchev–Trinajstić information content (AvgIpc) is 2.46. The molecule has 1 rings (SSSR count). The molecule has 0 unspecified atom stereocenters. The number of hydrogen-bond donors (Lipinski definition) is 2. The first-order valence-corrected chi connectivity index (χ1v) is 6.86. The second-order valence-electron chi connectivity index (χ2n) is 4.39. The van der Waals surface area contributed by atoms with E-state index >= 15 is 0 Å². The second kappa shape index (κ2) is 4.10. The van der Waals surface area contributed by atoms with E-state index < -0.39 is 9.05 Å². The maximum absolute atomic E-state index is 11.6.